The van der Waals surface area contributed by atoms with Crippen LogP contribution in [0.4, 0.5) is 0 Å². The first-order chi connectivity index (χ1) is 4.45. The van der Waals surface area contributed by atoms with Crippen LogP contribution in [-0.4, -0.2) is 17.9 Å². The molecule has 0 unspecified atom stereocenters. The third kappa shape index (κ3) is 1.70. The Morgan fingerprint density at radius 1 is 1.10 bits per heavy atom. The zero-order valence-corrected chi connectivity index (χ0v) is 7.60. The molecule has 2 heteroatoms. The summed E-state index contributed by atoms with van der Waals surface area (Å²) >= 11 is 0. The van der Waals surface area contributed by atoms with Crippen molar-refractivity contribution in [3.8, 4) is 0 Å². The Bertz CT molecular complexity index is 91.4. The van der Waals surface area contributed by atoms with E-state index in [4.69, 9.17) is 0 Å². The van der Waals surface area contributed by atoms with Gasteiger partial charge in [0.2, 0.25) is 0 Å². The highest BCUT2D eigenvalue weighted by molar-refractivity contribution is 4.80. The van der Waals surface area contributed by atoms with Crippen LogP contribution in [0, 0.1) is 11.8 Å². The lowest BCUT2D eigenvalue weighted by molar-refractivity contribution is -0.0707. The van der Waals surface area contributed by atoms with Gasteiger partial charge in [0, 0.05) is 0 Å². The standard InChI is InChI=1S/C8H19NO/c1-6(2)8(10,9-5)7(3)4/h6-7,9-10H,1-5H3. The van der Waals surface area contributed by atoms with Crippen molar-refractivity contribution in [1.82, 2.24) is 5.32 Å². The predicted molar refractivity (Wildman–Crippen MR) is 43.7 cm³/mol. The normalized spacial score (nSPS) is 13.2. The van der Waals surface area contributed by atoms with E-state index in [9.17, 15) is 5.11 Å². The lowest BCUT2D eigenvalue weighted by Gasteiger charge is -2.35. The average molecular weight is 145 g/mol. The molecule has 0 radical (unpaired) electrons. The van der Waals surface area contributed by atoms with Gasteiger partial charge in [0.25, 0.3) is 0 Å². The van der Waals surface area contributed by atoms with Gasteiger partial charge in [-0.25, -0.2) is 0 Å². The van der Waals surface area contributed by atoms with E-state index in [1.165, 1.54) is 0 Å². The first kappa shape index (κ1) is 9.92. The summed E-state index contributed by atoms with van der Waals surface area (Å²) in [7, 11) is 1.79. The number of hydrogen-bond donors (Lipinski definition) is 2. The fraction of sp³-hybridized carbons (Fsp3) is 1.00. The molecule has 0 saturated heterocycles. The molecule has 10 heavy (non-hydrogen) atoms. The van der Waals surface area contributed by atoms with E-state index in [0.717, 1.165) is 0 Å². The molecule has 0 bridgehead atoms. The van der Waals surface area contributed by atoms with Gasteiger partial charge >= 0.3 is 0 Å². The molecule has 0 aliphatic carbocycles. The first-order valence-electron chi connectivity index (χ1n) is 3.86. The zero-order chi connectivity index (χ0) is 8.36. The van der Waals surface area contributed by atoms with Crippen molar-refractivity contribution < 1.29 is 5.11 Å². The van der Waals surface area contributed by atoms with Crippen LogP contribution in [0.3, 0.4) is 0 Å². The molecule has 0 aromatic carbocycles. The summed E-state index contributed by atoms with van der Waals surface area (Å²) in [5.41, 5.74) is -0.708. The minimum atomic E-state index is -0.708. The van der Waals surface area contributed by atoms with Gasteiger partial charge in [-0.2, -0.15) is 0 Å². The quantitative estimate of drug-likeness (QED) is 0.585. The Labute approximate surface area is 63.6 Å². The second-order valence-corrected chi connectivity index (χ2v) is 3.38. The summed E-state index contributed by atoms with van der Waals surface area (Å²) < 4.78 is 0. The fourth-order valence-corrected chi connectivity index (χ4v) is 1.24. The van der Waals surface area contributed by atoms with E-state index in [1.54, 1.807) is 7.05 Å². The number of nitrogens with one attached hydrogen (secondary N) is 1. The average Bonchev–Trinajstić information content (AvgIpc) is 1.85. The van der Waals surface area contributed by atoms with Crippen LogP contribution in [0.15, 0.2) is 0 Å². The van der Waals surface area contributed by atoms with Crippen molar-refractivity contribution >= 4 is 0 Å². The Kier molecular flexibility index (Phi) is 3.33. The van der Waals surface area contributed by atoms with Crippen LogP contribution < -0.4 is 5.32 Å². The van der Waals surface area contributed by atoms with Gasteiger partial charge < -0.3 is 5.11 Å². The van der Waals surface area contributed by atoms with Crippen LogP contribution in [-0.2, 0) is 0 Å². The molecule has 0 rings (SSSR count). The summed E-state index contributed by atoms with van der Waals surface area (Å²) in [4.78, 5) is 0. The van der Waals surface area contributed by atoms with Crippen LogP contribution in [0.25, 0.3) is 0 Å². The molecule has 2 nitrogen and oxygen atoms in total. The maximum atomic E-state index is 9.86. The molecule has 0 aromatic rings. The summed E-state index contributed by atoms with van der Waals surface area (Å²) in [5.74, 6) is 0.495. The van der Waals surface area contributed by atoms with Gasteiger partial charge in [0.1, 0.15) is 5.72 Å². The minimum absolute atomic E-state index is 0.248. The lowest BCUT2D eigenvalue weighted by atomic mass is 9.89. The molecule has 0 amide bonds. The second kappa shape index (κ2) is 3.35. The van der Waals surface area contributed by atoms with Gasteiger partial charge in [-0.15, -0.1) is 0 Å². The molecule has 0 saturated carbocycles. The van der Waals surface area contributed by atoms with Gasteiger partial charge in [-0.05, 0) is 18.9 Å². The first-order valence-corrected chi connectivity index (χ1v) is 3.86. The summed E-state index contributed by atoms with van der Waals surface area (Å²) in [5, 5.41) is 12.8. The highest BCUT2D eigenvalue weighted by atomic mass is 16.3. The maximum Gasteiger partial charge on any atom is 0.120 e. The summed E-state index contributed by atoms with van der Waals surface area (Å²) in [6.07, 6.45) is 0. The zero-order valence-electron chi connectivity index (χ0n) is 7.60. The van der Waals surface area contributed by atoms with Crippen LogP contribution >= 0.6 is 0 Å². The largest absolute Gasteiger partial charge is 0.375 e. The summed E-state index contributed by atoms with van der Waals surface area (Å²) in [6.45, 7) is 8.04. The van der Waals surface area contributed by atoms with Crippen molar-refractivity contribution in [2.75, 3.05) is 7.05 Å². The fourth-order valence-electron chi connectivity index (χ4n) is 1.24. The van der Waals surface area contributed by atoms with E-state index in [2.05, 4.69) is 5.32 Å². The van der Waals surface area contributed by atoms with Crippen molar-refractivity contribution in [3.63, 3.8) is 0 Å². The van der Waals surface area contributed by atoms with Crippen LogP contribution in [0.5, 0.6) is 0 Å². The smallest absolute Gasteiger partial charge is 0.120 e. The Morgan fingerprint density at radius 2 is 1.40 bits per heavy atom. The Morgan fingerprint density at radius 3 is 1.40 bits per heavy atom. The molecular weight excluding hydrogens is 126 g/mol. The van der Waals surface area contributed by atoms with E-state index >= 15 is 0 Å². The van der Waals surface area contributed by atoms with E-state index < -0.39 is 5.72 Å². The van der Waals surface area contributed by atoms with E-state index in [1.807, 2.05) is 27.7 Å². The van der Waals surface area contributed by atoms with E-state index in [-0.39, 0.29) is 11.8 Å². The molecule has 0 atom stereocenters. The lowest BCUT2D eigenvalue weighted by Crippen LogP contribution is -2.51. The van der Waals surface area contributed by atoms with Gasteiger partial charge in [-0.1, -0.05) is 27.7 Å². The predicted octanol–water partition coefficient (Wildman–Crippen LogP) is 1.21. The van der Waals surface area contributed by atoms with Crippen LogP contribution in [0.1, 0.15) is 27.7 Å². The molecule has 0 spiro atoms. The van der Waals surface area contributed by atoms with Crippen molar-refractivity contribution in [2.45, 2.75) is 33.4 Å². The highest BCUT2D eigenvalue weighted by Gasteiger charge is 2.32. The summed E-state index contributed by atoms with van der Waals surface area (Å²) in [6, 6.07) is 0. The molecule has 0 aliphatic rings. The molecule has 0 aliphatic heterocycles. The van der Waals surface area contributed by atoms with Crippen molar-refractivity contribution in [2.24, 2.45) is 11.8 Å². The Balaban J connectivity index is 4.23. The third-order valence-corrected chi connectivity index (χ3v) is 2.16. The van der Waals surface area contributed by atoms with Gasteiger partial charge in [-0.3, -0.25) is 5.32 Å². The topological polar surface area (TPSA) is 32.3 Å². The monoisotopic (exact) mass is 145 g/mol. The molecule has 2 N–H and O–H groups in total. The molecule has 0 heterocycles. The third-order valence-electron chi connectivity index (χ3n) is 2.16. The van der Waals surface area contributed by atoms with Crippen molar-refractivity contribution in [1.29, 1.82) is 0 Å². The maximum absolute atomic E-state index is 9.86. The van der Waals surface area contributed by atoms with E-state index in [0.29, 0.717) is 0 Å². The molecule has 0 aromatic heterocycles. The van der Waals surface area contributed by atoms with Gasteiger partial charge in [0.15, 0.2) is 0 Å². The SMILES string of the molecule is CNC(O)(C(C)C)C(C)C. The number of rotatable bonds is 3. The molecule has 0 fully saturated rings. The van der Waals surface area contributed by atoms with Crippen LogP contribution in [0.2, 0.25) is 0 Å². The minimum Gasteiger partial charge on any atom is -0.375 e. The number of aliphatic hydroxyl groups is 1. The molecule has 62 valence electrons. The van der Waals surface area contributed by atoms with Crippen molar-refractivity contribution in [3.05, 3.63) is 0 Å². The molecular formula is C8H19NO. The number of hydrogen-bond acceptors (Lipinski definition) is 2. The second-order valence-electron chi connectivity index (χ2n) is 3.38. The van der Waals surface area contributed by atoms with Gasteiger partial charge in [0.05, 0.1) is 0 Å². The Hall–Kier alpha value is -0.0800. The highest BCUT2D eigenvalue weighted by Crippen LogP contribution is 2.21.